The van der Waals surface area contributed by atoms with E-state index in [0.29, 0.717) is 13.2 Å². The van der Waals surface area contributed by atoms with Crippen LogP contribution in [0.5, 0.6) is 0 Å². The number of nitrogens with two attached hydrogens (primary N) is 1. The molecule has 1 aromatic carbocycles. The first kappa shape index (κ1) is 27.2. The highest BCUT2D eigenvalue weighted by molar-refractivity contribution is 5.13. The number of aliphatic hydroxyl groups is 3. The molecule has 0 amide bonds. The Labute approximate surface area is 192 Å². The molecular formula is C25H43NO6. The lowest BCUT2D eigenvalue weighted by Crippen LogP contribution is -2.62. The Morgan fingerprint density at radius 2 is 1.62 bits per heavy atom. The SMILES string of the molecule is CC(C)(CCCOC1OC(CO)C(O)C(O)C1N)CC(C)(C)CCOCc1ccccc1. The van der Waals surface area contributed by atoms with E-state index in [1.54, 1.807) is 0 Å². The summed E-state index contributed by atoms with van der Waals surface area (Å²) in [6.45, 7) is 10.5. The van der Waals surface area contributed by atoms with Crippen LogP contribution in [0, 0.1) is 10.8 Å². The van der Waals surface area contributed by atoms with E-state index in [2.05, 4.69) is 39.8 Å². The normalized spacial score (nSPS) is 26.9. The summed E-state index contributed by atoms with van der Waals surface area (Å²) in [5, 5.41) is 29.2. The fraction of sp³-hybridized carbons (Fsp3) is 0.760. The second kappa shape index (κ2) is 12.4. The second-order valence-corrected chi connectivity index (χ2v) is 10.6. The molecule has 1 saturated heterocycles. The van der Waals surface area contributed by atoms with Gasteiger partial charge in [-0.25, -0.2) is 0 Å². The van der Waals surface area contributed by atoms with Gasteiger partial charge in [0, 0.05) is 13.2 Å². The zero-order valence-electron chi connectivity index (χ0n) is 20.1. The van der Waals surface area contributed by atoms with Crippen LogP contribution in [0.1, 0.15) is 58.9 Å². The lowest BCUT2D eigenvalue weighted by molar-refractivity contribution is -0.266. The average molecular weight is 454 g/mol. The number of benzene rings is 1. The molecule has 7 nitrogen and oxygen atoms in total. The summed E-state index contributed by atoms with van der Waals surface area (Å²) in [5.74, 6) is 0. The molecule has 0 aliphatic carbocycles. The van der Waals surface area contributed by atoms with E-state index in [9.17, 15) is 15.3 Å². The highest BCUT2D eigenvalue weighted by atomic mass is 16.7. The first-order chi connectivity index (χ1) is 15.0. The summed E-state index contributed by atoms with van der Waals surface area (Å²) < 4.78 is 17.1. The molecule has 2 rings (SSSR count). The molecule has 0 aromatic heterocycles. The smallest absolute Gasteiger partial charge is 0.175 e. The quantitative estimate of drug-likeness (QED) is 0.339. The largest absolute Gasteiger partial charge is 0.394 e. The van der Waals surface area contributed by atoms with Crippen LogP contribution in [0.2, 0.25) is 0 Å². The van der Waals surface area contributed by atoms with Crippen LogP contribution >= 0.6 is 0 Å². The first-order valence-electron chi connectivity index (χ1n) is 11.7. The molecule has 7 heteroatoms. The summed E-state index contributed by atoms with van der Waals surface area (Å²) >= 11 is 0. The maximum absolute atomic E-state index is 10.0. The summed E-state index contributed by atoms with van der Waals surface area (Å²) in [6, 6.07) is 9.37. The van der Waals surface area contributed by atoms with Crippen molar-refractivity contribution < 1.29 is 29.5 Å². The van der Waals surface area contributed by atoms with Gasteiger partial charge in [-0.05, 0) is 42.1 Å². The van der Waals surface area contributed by atoms with Crippen LogP contribution < -0.4 is 5.73 Å². The highest BCUT2D eigenvalue weighted by Crippen LogP contribution is 2.39. The molecule has 5 atom stereocenters. The molecule has 1 fully saturated rings. The third-order valence-electron chi connectivity index (χ3n) is 6.20. The molecule has 1 aromatic rings. The molecule has 1 heterocycles. The average Bonchev–Trinajstić information content (AvgIpc) is 2.74. The van der Waals surface area contributed by atoms with Gasteiger partial charge in [-0.15, -0.1) is 0 Å². The van der Waals surface area contributed by atoms with Crippen molar-refractivity contribution in [2.24, 2.45) is 16.6 Å². The summed E-state index contributed by atoms with van der Waals surface area (Å²) in [5.41, 5.74) is 7.40. The Kier molecular flexibility index (Phi) is 10.5. The second-order valence-electron chi connectivity index (χ2n) is 10.6. The van der Waals surface area contributed by atoms with Crippen molar-refractivity contribution in [3.8, 4) is 0 Å². The van der Waals surface area contributed by atoms with Gasteiger partial charge < -0.3 is 35.3 Å². The van der Waals surface area contributed by atoms with Gasteiger partial charge in [0.1, 0.15) is 18.3 Å². The van der Waals surface area contributed by atoms with Crippen LogP contribution in [0.3, 0.4) is 0 Å². The van der Waals surface area contributed by atoms with E-state index in [-0.39, 0.29) is 10.8 Å². The van der Waals surface area contributed by atoms with Crippen LogP contribution in [0.4, 0.5) is 0 Å². The van der Waals surface area contributed by atoms with Crippen LogP contribution in [-0.2, 0) is 20.8 Å². The Balaban J connectivity index is 1.68. The van der Waals surface area contributed by atoms with E-state index in [0.717, 1.165) is 32.3 Å². The fourth-order valence-electron chi connectivity index (χ4n) is 4.59. The van der Waals surface area contributed by atoms with Crippen molar-refractivity contribution in [2.45, 2.75) is 90.6 Å². The van der Waals surface area contributed by atoms with Gasteiger partial charge in [0.15, 0.2) is 6.29 Å². The number of rotatable bonds is 13. The molecular weight excluding hydrogens is 410 g/mol. The van der Waals surface area contributed by atoms with Crippen LogP contribution in [0.15, 0.2) is 30.3 Å². The van der Waals surface area contributed by atoms with Gasteiger partial charge in [-0.1, -0.05) is 58.0 Å². The molecule has 32 heavy (non-hydrogen) atoms. The van der Waals surface area contributed by atoms with Gasteiger partial charge in [-0.2, -0.15) is 0 Å². The number of hydrogen-bond donors (Lipinski definition) is 4. The van der Waals surface area contributed by atoms with E-state index in [1.165, 1.54) is 5.56 Å². The van der Waals surface area contributed by atoms with E-state index in [4.69, 9.17) is 19.9 Å². The predicted molar refractivity (Wildman–Crippen MR) is 124 cm³/mol. The number of aliphatic hydroxyl groups excluding tert-OH is 3. The predicted octanol–water partition coefficient (Wildman–Crippen LogP) is 2.60. The highest BCUT2D eigenvalue weighted by Gasteiger charge is 2.43. The standard InChI is InChI=1S/C25H43NO6/c1-24(2,17-25(3,4)12-14-30-16-18-9-6-5-7-10-18)11-8-13-31-23-20(26)22(29)21(28)19(15-27)32-23/h5-7,9-10,19-23,27-29H,8,11-17,26H2,1-4H3. The summed E-state index contributed by atoms with van der Waals surface area (Å²) in [4.78, 5) is 0. The van der Waals surface area contributed by atoms with Crippen molar-refractivity contribution in [2.75, 3.05) is 19.8 Å². The maximum Gasteiger partial charge on any atom is 0.175 e. The minimum atomic E-state index is -1.22. The van der Waals surface area contributed by atoms with E-state index in [1.807, 2.05) is 18.2 Å². The molecule has 5 N–H and O–H groups in total. The number of hydrogen-bond acceptors (Lipinski definition) is 7. The molecule has 1 aliphatic rings. The van der Waals surface area contributed by atoms with Crippen molar-refractivity contribution >= 4 is 0 Å². The molecule has 1 aliphatic heterocycles. The van der Waals surface area contributed by atoms with Crippen molar-refractivity contribution in [3.05, 3.63) is 35.9 Å². The van der Waals surface area contributed by atoms with Crippen molar-refractivity contribution in [1.82, 2.24) is 0 Å². The van der Waals surface area contributed by atoms with Gasteiger partial charge in [-0.3, -0.25) is 0 Å². The Morgan fingerprint density at radius 1 is 0.969 bits per heavy atom. The monoisotopic (exact) mass is 453 g/mol. The molecule has 184 valence electrons. The summed E-state index contributed by atoms with van der Waals surface area (Å²) in [7, 11) is 0. The molecule has 0 saturated carbocycles. The zero-order valence-corrected chi connectivity index (χ0v) is 20.1. The Bertz CT molecular complexity index is 651. The maximum atomic E-state index is 10.0. The fourth-order valence-corrected chi connectivity index (χ4v) is 4.59. The van der Waals surface area contributed by atoms with Crippen LogP contribution in [-0.4, -0.2) is 65.8 Å². The molecule has 0 radical (unpaired) electrons. The van der Waals surface area contributed by atoms with Gasteiger partial charge in [0.25, 0.3) is 0 Å². The third kappa shape index (κ3) is 8.71. The van der Waals surface area contributed by atoms with E-state index < -0.39 is 37.3 Å². The van der Waals surface area contributed by atoms with Crippen molar-refractivity contribution in [1.29, 1.82) is 0 Å². The van der Waals surface area contributed by atoms with E-state index >= 15 is 0 Å². The molecule has 5 unspecified atom stereocenters. The van der Waals surface area contributed by atoms with Gasteiger partial charge >= 0.3 is 0 Å². The topological polar surface area (TPSA) is 114 Å². The van der Waals surface area contributed by atoms with Crippen molar-refractivity contribution in [3.63, 3.8) is 0 Å². The molecule has 0 spiro atoms. The molecule has 0 bridgehead atoms. The lowest BCUT2D eigenvalue weighted by Gasteiger charge is -2.40. The van der Waals surface area contributed by atoms with Gasteiger partial charge in [0.2, 0.25) is 0 Å². The Hall–Kier alpha value is -1.06. The Morgan fingerprint density at radius 3 is 2.28 bits per heavy atom. The lowest BCUT2D eigenvalue weighted by atomic mass is 9.71. The third-order valence-corrected chi connectivity index (χ3v) is 6.20. The first-order valence-corrected chi connectivity index (χ1v) is 11.7. The minimum absolute atomic E-state index is 0.130. The van der Waals surface area contributed by atoms with Crippen LogP contribution in [0.25, 0.3) is 0 Å². The minimum Gasteiger partial charge on any atom is -0.394 e. The summed E-state index contributed by atoms with van der Waals surface area (Å²) in [6.07, 6.45) is -0.290. The zero-order chi connectivity index (χ0) is 23.8. The number of ether oxygens (including phenoxy) is 3. The van der Waals surface area contributed by atoms with Gasteiger partial charge in [0.05, 0.1) is 19.3 Å².